The van der Waals surface area contributed by atoms with Gasteiger partial charge in [0.05, 0.1) is 14.2 Å². The van der Waals surface area contributed by atoms with Gasteiger partial charge in [-0.05, 0) is 23.8 Å². The van der Waals surface area contributed by atoms with Gasteiger partial charge in [-0.3, -0.25) is 4.79 Å². The molecular weight excluding hydrogens is 244 g/mol. The van der Waals surface area contributed by atoms with Gasteiger partial charge in [-0.25, -0.2) is 0 Å². The van der Waals surface area contributed by atoms with Crippen LogP contribution in [0.4, 0.5) is 0 Å². The quantitative estimate of drug-likeness (QED) is 0.610. The van der Waals surface area contributed by atoms with Crippen molar-refractivity contribution in [1.29, 1.82) is 5.26 Å². The van der Waals surface area contributed by atoms with E-state index in [0.29, 0.717) is 17.1 Å². The summed E-state index contributed by atoms with van der Waals surface area (Å²) in [5.74, 6) is 0.806. The van der Waals surface area contributed by atoms with E-state index in [1.54, 1.807) is 39.4 Å². The molecule has 19 heavy (non-hydrogen) atoms. The largest absolute Gasteiger partial charge is 0.493 e. The minimum absolute atomic E-state index is 0.0669. The summed E-state index contributed by atoms with van der Waals surface area (Å²) in [6.07, 6.45) is 1.52. The van der Waals surface area contributed by atoms with Crippen molar-refractivity contribution in [2.75, 3.05) is 28.3 Å². The number of likely N-dealkylation sites (N-methyl/N-ethyl adjacent to an activating group) is 1. The third-order valence-corrected chi connectivity index (χ3v) is 2.48. The highest BCUT2D eigenvalue weighted by molar-refractivity contribution is 6.01. The molecule has 0 fully saturated rings. The first-order chi connectivity index (χ1) is 9.03. The molecule has 0 unspecified atom stereocenters. The number of ether oxygens (including phenoxy) is 2. The van der Waals surface area contributed by atoms with Crippen molar-refractivity contribution >= 4 is 12.0 Å². The maximum atomic E-state index is 11.7. The molecule has 0 radical (unpaired) electrons. The third kappa shape index (κ3) is 3.49. The Kier molecular flexibility index (Phi) is 4.95. The number of nitriles is 1. The highest BCUT2D eigenvalue weighted by Crippen LogP contribution is 2.28. The second-order valence-electron chi connectivity index (χ2n) is 3.98. The number of methoxy groups -OCH3 is 2. The van der Waals surface area contributed by atoms with Gasteiger partial charge >= 0.3 is 0 Å². The van der Waals surface area contributed by atoms with Crippen LogP contribution in [0.25, 0.3) is 6.08 Å². The minimum Gasteiger partial charge on any atom is -0.493 e. The fourth-order valence-electron chi connectivity index (χ4n) is 1.49. The van der Waals surface area contributed by atoms with Gasteiger partial charge in [0.15, 0.2) is 11.5 Å². The van der Waals surface area contributed by atoms with E-state index in [0.717, 1.165) is 0 Å². The van der Waals surface area contributed by atoms with Gasteiger partial charge in [-0.2, -0.15) is 5.26 Å². The van der Waals surface area contributed by atoms with Crippen LogP contribution in [0.1, 0.15) is 5.56 Å². The van der Waals surface area contributed by atoms with Gasteiger partial charge < -0.3 is 14.4 Å². The van der Waals surface area contributed by atoms with Crippen LogP contribution in [-0.4, -0.2) is 39.1 Å². The molecule has 5 nitrogen and oxygen atoms in total. The van der Waals surface area contributed by atoms with E-state index in [1.807, 2.05) is 6.07 Å². The zero-order valence-electron chi connectivity index (χ0n) is 11.4. The molecule has 0 N–H and O–H groups in total. The Morgan fingerprint density at radius 1 is 1.26 bits per heavy atom. The number of amides is 1. The number of carbonyl (C=O) groups excluding carboxylic acids is 1. The number of carbonyl (C=O) groups is 1. The number of hydrogen-bond donors (Lipinski definition) is 0. The second-order valence-corrected chi connectivity index (χ2v) is 3.98. The van der Waals surface area contributed by atoms with Gasteiger partial charge in [0.25, 0.3) is 5.91 Å². The lowest BCUT2D eigenvalue weighted by molar-refractivity contribution is -0.124. The molecule has 0 aromatic heterocycles. The SMILES string of the molecule is COc1ccc(/C=C(/C#N)C(=O)N(C)C)cc1OC. The second kappa shape index (κ2) is 6.45. The van der Waals surface area contributed by atoms with E-state index in [4.69, 9.17) is 14.7 Å². The topological polar surface area (TPSA) is 62.6 Å². The van der Waals surface area contributed by atoms with Crippen LogP contribution in [0.15, 0.2) is 23.8 Å². The van der Waals surface area contributed by atoms with Gasteiger partial charge in [0.1, 0.15) is 11.6 Å². The van der Waals surface area contributed by atoms with E-state index in [1.165, 1.54) is 18.1 Å². The highest BCUT2D eigenvalue weighted by Gasteiger charge is 2.11. The Morgan fingerprint density at radius 3 is 2.37 bits per heavy atom. The maximum Gasteiger partial charge on any atom is 0.264 e. The molecule has 1 aromatic rings. The van der Waals surface area contributed by atoms with Crippen molar-refractivity contribution in [1.82, 2.24) is 4.90 Å². The smallest absolute Gasteiger partial charge is 0.264 e. The fourth-order valence-corrected chi connectivity index (χ4v) is 1.49. The summed E-state index contributed by atoms with van der Waals surface area (Å²) in [5.41, 5.74) is 0.765. The molecule has 5 heteroatoms. The molecule has 0 saturated heterocycles. The summed E-state index contributed by atoms with van der Waals surface area (Å²) < 4.78 is 10.3. The van der Waals surface area contributed by atoms with Crippen molar-refractivity contribution in [3.05, 3.63) is 29.3 Å². The molecule has 0 aliphatic carbocycles. The third-order valence-electron chi connectivity index (χ3n) is 2.48. The standard InChI is InChI=1S/C14H16N2O3/c1-16(2)14(17)11(9-15)7-10-5-6-12(18-3)13(8-10)19-4/h5-8H,1-4H3/b11-7-. The molecule has 1 aromatic carbocycles. The Hall–Kier alpha value is -2.48. The van der Waals surface area contributed by atoms with E-state index < -0.39 is 0 Å². The maximum absolute atomic E-state index is 11.7. The first-order valence-corrected chi connectivity index (χ1v) is 5.59. The first-order valence-electron chi connectivity index (χ1n) is 5.59. The lowest BCUT2D eigenvalue weighted by Gasteiger charge is -2.10. The van der Waals surface area contributed by atoms with Crippen molar-refractivity contribution in [3.8, 4) is 17.6 Å². The number of benzene rings is 1. The van der Waals surface area contributed by atoms with E-state index in [2.05, 4.69) is 0 Å². The summed E-state index contributed by atoms with van der Waals surface area (Å²) in [7, 11) is 6.27. The normalized spacial score (nSPS) is 10.6. The monoisotopic (exact) mass is 260 g/mol. The summed E-state index contributed by atoms with van der Waals surface area (Å²) in [5, 5.41) is 9.01. The zero-order chi connectivity index (χ0) is 14.4. The number of hydrogen-bond acceptors (Lipinski definition) is 4. The molecule has 0 bridgehead atoms. The summed E-state index contributed by atoms with van der Waals surface area (Å²) in [6.45, 7) is 0. The lowest BCUT2D eigenvalue weighted by Crippen LogP contribution is -2.22. The minimum atomic E-state index is -0.336. The molecule has 1 amide bonds. The van der Waals surface area contributed by atoms with Gasteiger partial charge in [0, 0.05) is 14.1 Å². The molecule has 100 valence electrons. The van der Waals surface area contributed by atoms with Gasteiger partial charge in [0.2, 0.25) is 0 Å². The fraction of sp³-hybridized carbons (Fsp3) is 0.286. The van der Waals surface area contributed by atoms with Crippen molar-refractivity contribution in [2.24, 2.45) is 0 Å². The Morgan fingerprint density at radius 2 is 1.89 bits per heavy atom. The predicted molar refractivity (Wildman–Crippen MR) is 71.8 cm³/mol. The van der Waals surface area contributed by atoms with Crippen LogP contribution in [0.5, 0.6) is 11.5 Å². The first kappa shape index (κ1) is 14.6. The van der Waals surface area contributed by atoms with Crippen LogP contribution in [0.3, 0.4) is 0 Å². The molecule has 1 rings (SSSR count). The average molecular weight is 260 g/mol. The van der Waals surface area contributed by atoms with Gasteiger partial charge in [-0.1, -0.05) is 6.07 Å². The predicted octanol–water partition coefficient (Wildman–Crippen LogP) is 1.70. The Bertz CT molecular complexity index is 542. The summed E-state index contributed by atoms with van der Waals surface area (Å²) in [4.78, 5) is 13.1. The zero-order valence-corrected chi connectivity index (χ0v) is 11.4. The Labute approximate surface area is 112 Å². The lowest BCUT2D eigenvalue weighted by atomic mass is 10.1. The van der Waals surface area contributed by atoms with Crippen molar-refractivity contribution < 1.29 is 14.3 Å². The van der Waals surface area contributed by atoms with Crippen molar-refractivity contribution in [2.45, 2.75) is 0 Å². The summed E-state index contributed by atoms with van der Waals surface area (Å²) >= 11 is 0. The number of nitrogens with zero attached hydrogens (tertiary/aromatic N) is 2. The van der Waals surface area contributed by atoms with Crippen LogP contribution in [0, 0.1) is 11.3 Å². The van der Waals surface area contributed by atoms with Crippen LogP contribution in [0.2, 0.25) is 0 Å². The average Bonchev–Trinajstić information content (AvgIpc) is 2.43. The van der Waals surface area contributed by atoms with Crippen molar-refractivity contribution in [3.63, 3.8) is 0 Å². The van der Waals surface area contributed by atoms with E-state index >= 15 is 0 Å². The van der Waals surface area contributed by atoms with Crippen LogP contribution < -0.4 is 9.47 Å². The molecule has 0 saturated carbocycles. The molecule has 0 aliphatic rings. The molecule has 0 aliphatic heterocycles. The number of rotatable bonds is 4. The Balaban J connectivity index is 3.17. The summed E-state index contributed by atoms with van der Waals surface area (Å²) in [6, 6.07) is 7.08. The molecular formula is C14H16N2O3. The molecule has 0 spiro atoms. The van der Waals surface area contributed by atoms with E-state index in [9.17, 15) is 4.79 Å². The van der Waals surface area contributed by atoms with E-state index in [-0.39, 0.29) is 11.5 Å². The van der Waals surface area contributed by atoms with Crippen LogP contribution in [-0.2, 0) is 4.79 Å². The highest BCUT2D eigenvalue weighted by atomic mass is 16.5. The molecule has 0 atom stereocenters. The van der Waals surface area contributed by atoms with Crippen LogP contribution >= 0.6 is 0 Å². The molecule has 0 heterocycles. The van der Waals surface area contributed by atoms with Gasteiger partial charge in [-0.15, -0.1) is 0 Å².